The van der Waals surface area contributed by atoms with E-state index in [1.807, 2.05) is 0 Å². The highest BCUT2D eigenvalue weighted by Crippen LogP contribution is 2.19. The molecule has 0 saturated carbocycles. The fourth-order valence-corrected chi connectivity index (χ4v) is 2.98. The Morgan fingerprint density at radius 3 is 2.66 bits per heavy atom. The summed E-state index contributed by atoms with van der Waals surface area (Å²) >= 11 is 0. The number of aromatic nitrogens is 3. The second-order valence-corrected chi connectivity index (χ2v) is 6.63. The molecule has 3 rings (SSSR count). The largest absolute Gasteiger partial charge is 0.452 e. The number of imide groups is 1. The van der Waals surface area contributed by atoms with Crippen molar-refractivity contribution in [3.05, 3.63) is 54.1 Å². The van der Waals surface area contributed by atoms with E-state index in [0.29, 0.717) is 6.54 Å². The second-order valence-electron chi connectivity index (χ2n) is 6.63. The number of hydrogen-bond acceptors (Lipinski definition) is 6. The van der Waals surface area contributed by atoms with Gasteiger partial charge in [-0.2, -0.15) is 5.10 Å². The molecule has 2 N–H and O–H groups in total. The van der Waals surface area contributed by atoms with E-state index in [4.69, 9.17) is 4.74 Å². The van der Waals surface area contributed by atoms with Crippen LogP contribution in [0, 0.1) is 0 Å². The van der Waals surface area contributed by atoms with Crippen LogP contribution in [0.2, 0.25) is 0 Å². The molecule has 0 unspecified atom stereocenters. The molecule has 152 valence electrons. The molecule has 0 fully saturated rings. The molecule has 1 aromatic heterocycles. The van der Waals surface area contributed by atoms with Crippen LogP contribution in [0.15, 0.2) is 48.6 Å². The molecule has 9 nitrogen and oxygen atoms in total. The van der Waals surface area contributed by atoms with Crippen LogP contribution in [0.25, 0.3) is 5.69 Å². The van der Waals surface area contributed by atoms with Gasteiger partial charge in [-0.1, -0.05) is 11.6 Å². The zero-order valence-corrected chi connectivity index (χ0v) is 16.0. The van der Waals surface area contributed by atoms with Crippen molar-refractivity contribution in [2.24, 2.45) is 0 Å². The van der Waals surface area contributed by atoms with Crippen LogP contribution in [-0.4, -0.2) is 45.8 Å². The summed E-state index contributed by atoms with van der Waals surface area (Å²) in [6.45, 7) is -0.0783. The lowest BCUT2D eigenvalue weighted by Crippen LogP contribution is -2.41. The molecule has 0 aliphatic heterocycles. The average Bonchev–Trinajstić information content (AvgIpc) is 3.28. The van der Waals surface area contributed by atoms with Crippen molar-refractivity contribution in [2.45, 2.75) is 32.1 Å². The first-order chi connectivity index (χ1) is 14.1. The molecule has 1 aliphatic rings. The maximum absolute atomic E-state index is 12.0. The Labute approximate surface area is 168 Å². The third-order valence-electron chi connectivity index (χ3n) is 4.49. The first kappa shape index (κ1) is 20.2. The Hall–Kier alpha value is -3.49. The van der Waals surface area contributed by atoms with E-state index in [1.165, 1.54) is 31.1 Å². The summed E-state index contributed by atoms with van der Waals surface area (Å²) in [6, 6.07) is 5.88. The maximum Gasteiger partial charge on any atom is 0.338 e. The van der Waals surface area contributed by atoms with Crippen molar-refractivity contribution in [1.82, 2.24) is 25.4 Å². The number of nitrogens with zero attached hydrogens (tertiary/aromatic N) is 3. The summed E-state index contributed by atoms with van der Waals surface area (Å²) in [5.74, 6) is -1.35. The van der Waals surface area contributed by atoms with Gasteiger partial charge in [-0.05, 0) is 56.4 Å². The molecular formula is C20H23N5O4. The van der Waals surface area contributed by atoms with Crippen LogP contribution in [0.1, 0.15) is 42.5 Å². The van der Waals surface area contributed by atoms with Gasteiger partial charge in [0.2, 0.25) is 0 Å². The minimum Gasteiger partial charge on any atom is -0.452 e. The fourth-order valence-electron chi connectivity index (χ4n) is 2.98. The summed E-state index contributed by atoms with van der Waals surface area (Å²) in [7, 11) is 0. The van der Waals surface area contributed by atoms with Crippen molar-refractivity contribution in [2.75, 3.05) is 13.2 Å². The van der Waals surface area contributed by atoms with E-state index in [1.54, 1.807) is 28.9 Å². The molecule has 0 atom stereocenters. The zero-order valence-electron chi connectivity index (χ0n) is 16.0. The number of rotatable bonds is 7. The number of urea groups is 1. The lowest BCUT2D eigenvalue weighted by molar-refractivity contribution is -0.123. The standard InChI is InChI=1S/C20H23N5O4/c26-18(24-20(28)22-11-10-15-4-2-1-3-5-15)12-29-19(27)16-6-8-17(9-7-16)25-14-21-13-23-25/h4,6-9,13-14H,1-3,5,10-12H2,(H2,22,24,26,28). The third kappa shape index (κ3) is 6.27. The van der Waals surface area contributed by atoms with Gasteiger partial charge in [-0.3, -0.25) is 10.1 Å². The first-order valence-electron chi connectivity index (χ1n) is 9.49. The number of amides is 3. The molecule has 3 amide bonds. The van der Waals surface area contributed by atoms with Crippen LogP contribution in [0.3, 0.4) is 0 Å². The van der Waals surface area contributed by atoms with Crippen molar-refractivity contribution < 1.29 is 19.1 Å². The van der Waals surface area contributed by atoms with Crippen molar-refractivity contribution >= 4 is 17.9 Å². The maximum atomic E-state index is 12.0. The highest BCUT2D eigenvalue weighted by molar-refractivity contribution is 5.97. The van der Waals surface area contributed by atoms with Gasteiger partial charge in [0.05, 0.1) is 11.3 Å². The molecule has 0 saturated heterocycles. The van der Waals surface area contributed by atoms with Gasteiger partial charge >= 0.3 is 12.0 Å². The van der Waals surface area contributed by atoms with Crippen LogP contribution in [-0.2, 0) is 9.53 Å². The molecule has 2 aromatic rings. The Bertz CT molecular complexity index is 875. The number of nitrogens with one attached hydrogen (secondary N) is 2. The number of benzene rings is 1. The third-order valence-corrected chi connectivity index (χ3v) is 4.49. The number of ether oxygens (including phenoxy) is 1. The van der Waals surface area contributed by atoms with E-state index in [-0.39, 0.29) is 5.56 Å². The van der Waals surface area contributed by atoms with Gasteiger partial charge < -0.3 is 10.1 Å². The molecule has 0 bridgehead atoms. The monoisotopic (exact) mass is 397 g/mol. The van der Waals surface area contributed by atoms with Crippen molar-refractivity contribution in [3.63, 3.8) is 0 Å². The van der Waals surface area contributed by atoms with E-state index in [2.05, 4.69) is 26.8 Å². The van der Waals surface area contributed by atoms with Gasteiger partial charge in [-0.15, -0.1) is 0 Å². The topological polar surface area (TPSA) is 115 Å². The summed E-state index contributed by atoms with van der Waals surface area (Å²) in [5.41, 5.74) is 2.36. The van der Waals surface area contributed by atoms with E-state index in [0.717, 1.165) is 24.9 Å². The Morgan fingerprint density at radius 2 is 1.97 bits per heavy atom. The molecule has 0 spiro atoms. The van der Waals surface area contributed by atoms with Gasteiger partial charge in [0.1, 0.15) is 12.7 Å². The Balaban J connectivity index is 1.36. The Kier molecular flexibility index (Phi) is 7.10. The molecule has 9 heteroatoms. The average molecular weight is 397 g/mol. The molecular weight excluding hydrogens is 374 g/mol. The number of allylic oxidation sites excluding steroid dienone is 1. The van der Waals surface area contributed by atoms with E-state index >= 15 is 0 Å². The van der Waals surface area contributed by atoms with E-state index < -0.39 is 24.5 Å². The van der Waals surface area contributed by atoms with Gasteiger partial charge in [0.25, 0.3) is 5.91 Å². The van der Waals surface area contributed by atoms with Gasteiger partial charge in [-0.25, -0.2) is 19.3 Å². The van der Waals surface area contributed by atoms with Crippen LogP contribution >= 0.6 is 0 Å². The van der Waals surface area contributed by atoms with Crippen molar-refractivity contribution in [3.8, 4) is 5.69 Å². The van der Waals surface area contributed by atoms with Crippen LogP contribution in [0.4, 0.5) is 4.79 Å². The molecule has 1 heterocycles. The molecule has 1 aromatic carbocycles. The lowest BCUT2D eigenvalue weighted by Gasteiger charge is -2.13. The number of carbonyl (C=O) groups excluding carboxylic acids is 3. The van der Waals surface area contributed by atoms with Crippen molar-refractivity contribution in [1.29, 1.82) is 0 Å². The number of hydrogen-bond donors (Lipinski definition) is 2. The van der Waals surface area contributed by atoms with Crippen LogP contribution in [0.5, 0.6) is 0 Å². The molecule has 0 radical (unpaired) electrons. The quantitative estimate of drug-likeness (QED) is 0.546. The van der Waals surface area contributed by atoms with Gasteiger partial charge in [0, 0.05) is 6.54 Å². The number of esters is 1. The molecule has 29 heavy (non-hydrogen) atoms. The summed E-state index contributed by atoms with van der Waals surface area (Å²) < 4.78 is 6.49. The van der Waals surface area contributed by atoms with E-state index in [9.17, 15) is 14.4 Å². The SMILES string of the molecule is O=C(COC(=O)c1ccc(-n2cncn2)cc1)NC(=O)NCCC1=CCCCC1. The summed E-state index contributed by atoms with van der Waals surface area (Å²) in [4.78, 5) is 39.4. The Morgan fingerprint density at radius 1 is 1.14 bits per heavy atom. The highest BCUT2D eigenvalue weighted by atomic mass is 16.5. The summed E-state index contributed by atoms with van der Waals surface area (Å²) in [5, 5.41) is 8.77. The predicted octanol–water partition coefficient (Wildman–Crippen LogP) is 2.14. The van der Waals surface area contributed by atoms with Gasteiger partial charge in [0.15, 0.2) is 6.61 Å². The summed E-state index contributed by atoms with van der Waals surface area (Å²) in [6.07, 6.45) is 10.5. The zero-order chi connectivity index (χ0) is 20.5. The minimum atomic E-state index is -0.688. The highest BCUT2D eigenvalue weighted by Gasteiger charge is 2.13. The first-order valence-corrected chi connectivity index (χ1v) is 9.49. The predicted molar refractivity (Wildman–Crippen MR) is 104 cm³/mol. The smallest absolute Gasteiger partial charge is 0.338 e. The second kappa shape index (κ2) is 10.2. The normalized spacial score (nSPS) is 13.3. The molecule has 1 aliphatic carbocycles. The minimum absolute atomic E-state index is 0.284. The lowest BCUT2D eigenvalue weighted by atomic mass is 9.97. The number of carbonyl (C=O) groups is 3. The van der Waals surface area contributed by atoms with Crippen LogP contribution < -0.4 is 10.6 Å². The fraction of sp³-hybridized carbons (Fsp3) is 0.350.